The van der Waals surface area contributed by atoms with Gasteiger partial charge in [0.15, 0.2) is 11.2 Å². The second-order valence-corrected chi connectivity index (χ2v) is 10.9. The first-order valence-corrected chi connectivity index (χ1v) is 10.9. The van der Waals surface area contributed by atoms with Crippen LogP contribution in [0.15, 0.2) is 12.2 Å². The molecule has 164 valence electrons. The van der Waals surface area contributed by atoms with E-state index in [2.05, 4.69) is 46.1 Å². The summed E-state index contributed by atoms with van der Waals surface area (Å²) >= 11 is 0. The standard InChI is InChI=1S/C25H40O4/c1-11-13-21(4,5)28-29-22(6,7)15-16-25(27-20(26)18(2)3)17-19-12-14-24(25,10)23(19,8)9/h19H,2,11-14,17H2,1,3-10H3. The molecular weight excluding hydrogens is 364 g/mol. The molecule has 4 heteroatoms. The Morgan fingerprint density at radius 1 is 1.17 bits per heavy atom. The lowest BCUT2D eigenvalue weighted by Gasteiger charge is -2.44. The zero-order valence-electron chi connectivity index (χ0n) is 20.0. The summed E-state index contributed by atoms with van der Waals surface area (Å²) in [6.07, 6.45) is 4.79. The van der Waals surface area contributed by atoms with Gasteiger partial charge in [-0.15, -0.1) is 0 Å². The molecule has 0 aromatic carbocycles. The van der Waals surface area contributed by atoms with E-state index in [4.69, 9.17) is 14.5 Å². The third-order valence-electron chi connectivity index (χ3n) is 7.37. The Kier molecular flexibility index (Phi) is 6.40. The molecule has 2 aliphatic carbocycles. The Morgan fingerprint density at radius 2 is 1.79 bits per heavy atom. The fraction of sp³-hybridized carbons (Fsp3) is 0.800. The van der Waals surface area contributed by atoms with Gasteiger partial charge in [-0.05, 0) is 65.2 Å². The fourth-order valence-electron chi connectivity index (χ4n) is 5.00. The van der Waals surface area contributed by atoms with Gasteiger partial charge in [0.25, 0.3) is 0 Å². The van der Waals surface area contributed by atoms with Crippen LogP contribution in [0.5, 0.6) is 0 Å². The van der Waals surface area contributed by atoms with E-state index >= 15 is 0 Å². The number of fused-ring (bicyclic) bond motifs is 2. The molecular formula is C25H40O4. The molecule has 0 aromatic rings. The van der Waals surface area contributed by atoms with Crippen molar-refractivity contribution in [2.75, 3.05) is 0 Å². The van der Waals surface area contributed by atoms with Crippen LogP contribution < -0.4 is 0 Å². The van der Waals surface area contributed by atoms with Crippen LogP contribution >= 0.6 is 0 Å². The van der Waals surface area contributed by atoms with Gasteiger partial charge in [0.2, 0.25) is 0 Å². The van der Waals surface area contributed by atoms with Gasteiger partial charge in [0.05, 0.1) is 5.60 Å². The number of hydrogen-bond acceptors (Lipinski definition) is 4. The molecule has 2 saturated carbocycles. The normalized spacial score (nSPS) is 30.6. The summed E-state index contributed by atoms with van der Waals surface area (Å²) in [7, 11) is 0. The van der Waals surface area contributed by atoms with Crippen molar-refractivity contribution in [3.8, 4) is 11.8 Å². The van der Waals surface area contributed by atoms with Crippen LogP contribution in [0.4, 0.5) is 0 Å². The molecule has 3 unspecified atom stereocenters. The maximum absolute atomic E-state index is 12.5. The van der Waals surface area contributed by atoms with Crippen molar-refractivity contribution >= 4 is 5.97 Å². The van der Waals surface area contributed by atoms with Crippen LogP contribution in [0.1, 0.15) is 94.4 Å². The summed E-state index contributed by atoms with van der Waals surface area (Å²) in [6, 6.07) is 0. The first-order chi connectivity index (χ1) is 13.1. The predicted molar refractivity (Wildman–Crippen MR) is 116 cm³/mol. The highest BCUT2D eigenvalue weighted by atomic mass is 17.2. The minimum Gasteiger partial charge on any atom is -0.442 e. The number of rotatable bonds is 7. The van der Waals surface area contributed by atoms with E-state index in [1.807, 2.05) is 27.7 Å². The van der Waals surface area contributed by atoms with Crippen molar-refractivity contribution in [3.05, 3.63) is 12.2 Å². The molecule has 0 aliphatic heterocycles. The second kappa shape index (κ2) is 7.75. The number of ether oxygens (including phenoxy) is 1. The maximum atomic E-state index is 12.5. The number of hydrogen-bond donors (Lipinski definition) is 0. The first-order valence-electron chi connectivity index (χ1n) is 10.9. The smallest absolute Gasteiger partial charge is 0.334 e. The van der Waals surface area contributed by atoms with Crippen LogP contribution in [0, 0.1) is 28.6 Å². The van der Waals surface area contributed by atoms with Crippen molar-refractivity contribution in [1.29, 1.82) is 0 Å². The first kappa shape index (κ1) is 24.0. The molecule has 0 heterocycles. The quantitative estimate of drug-likeness (QED) is 0.172. The minimum atomic E-state index is -0.838. The molecule has 0 saturated heterocycles. The largest absolute Gasteiger partial charge is 0.442 e. The Morgan fingerprint density at radius 3 is 2.24 bits per heavy atom. The van der Waals surface area contributed by atoms with Crippen molar-refractivity contribution in [2.45, 2.75) is 111 Å². The zero-order valence-corrected chi connectivity index (χ0v) is 20.0. The molecule has 0 radical (unpaired) electrons. The number of carbonyl (C=O) groups excluding carboxylic acids is 1. The van der Waals surface area contributed by atoms with E-state index in [-0.39, 0.29) is 22.4 Å². The molecule has 0 amide bonds. The van der Waals surface area contributed by atoms with Gasteiger partial charge in [0, 0.05) is 17.4 Å². The van der Waals surface area contributed by atoms with Gasteiger partial charge in [-0.2, -0.15) is 0 Å². The SMILES string of the molecule is C=C(C)C(=O)OC1(C#CC(C)(C)OOC(C)(C)CCC)CC2CCC1(C)C2(C)C. The van der Waals surface area contributed by atoms with E-state index in [1.165, 1.54) is 0 Å². The Labute approximate surface area is 177 Å². The van der Waals surface area contributed by atoms with E-state index in [0.717, 1.165) is 32.1 Å². The second-order valence-electron chi connectivity index (χ2n) is 10.9. The van der Waals surface area contributed by atoms with E-state index < -0.39 is 11.2 Å². The summed E-state index contributed by atoms with van der Waals surface area (Å²) in [5.74, 6) is 6.73. The molecule has 0 N–H and O–H groups in total. The Balaban J connectivity index is 2.34. The van der Waals surface area contributed by atoms with Crippen LogP contribution in [-0.2, 0) is 19.3 Å². The lowest BCUT2D eigenvalue weighted by atomic mass is 9.64. The van der Waals surface area contributed by atoms with Gasteiger partial charge < -0.3 is 4.74 Å². The minimum absolute atomic E-state index is 0.0433. The van der Waals surface area contributed by atoms with Crippen molar-refractivity contribution in [1.82, 2.24) is 0 Å². The fourth-order valence-corrected chi connectivity index (χ4v) is 5.00. The van der Waals surface area contributed by atoms with Gasteiger partial charge in [-0.3, -0.25) is 0 Å². The Hall–Kier alpha value is -1.31. The highest BCUT2D eigenvalue weighted by Gasteiger charge is 2.70. The third-order valence-corrected chi connectivity index (χ3v) is 7.37. The highest BCUT2D eigenvalue weighted by Crippen LogP contribution is 2.70. The van der Waals surface area contributed by atoms with Gasteiger partial charge in [-0.1, -0.05) is 52.5 Å². The lowest BCUT2D eigenvalue weighted by Crippen LogP contribution is -2.50. The average molecular weight is 405 g/mol. The molecule has 2 bridgehead atoms. The molecule has 29 heavy (non-hydrogen) atoms. The van der Waals surface area contributed by atoms with Gasteiger partial charge >= 0.3 is 5.97 Å². The van der Waals surface area contributed by atoms with Gasteiger partial charge in [0.1, 0.15) is 0 Å². The summed E-state index contributed by atoms with van der Waals surface area (Å²) in [4.78, 5) is 24.0. The van der Waals surface area contributed by atoms with E-state index in [0.29, 0.717) is 11.5 Å². The molecule has 4 nitrogen and oxygen atoms in total. The third kappa shape index (κ3) is 4.42. The summed E-state index contributed by atoms with van der Waals surface area (Å²) in [6.45, 7) is 22.1. The predicted octanol–water partition coefficient (Wildman–Crippen LogP) is 6.00. The molecule has 0 spiro atoms. The van der Waals surface area contributed by atoms with Crippen molar-refractivity contribution in [3.63, 3.8) is 0 Å². The van der Waals surface area contributed by atoms with Crippen molar-refractivity contribution < 1.29 is 19.3 Å². The lowest BCUT2D eigenvalue weighted by molar-refractivity contribution is -0.389. The van der Waals surface area contributed by atoms with E-state index in [9.17, 15) is 4.79 Å². The van der Waals surface area contributed by atoms with Gasteiger partial charge in [-0.25, -0.2) is 14.6 Å². The molecule has 2 fully saturated rings. The Bertz CT molecular complexity index is 721. The maximum Gasteiger partial charge on any atom is 0.334 e. The van der Waals surface area contributed by atoms with Crippen molar-refractivity contribution in [2.24, 2.45) is 16.7 Å². The highest BCUT2D eigenvalue weighted by molar-refractivity contribution is 5.87. The van der Waals surface area contributed by atoms with Crippen LogP contribution in [0.25, 0.3) is 0 Å². The van der Waals surface area contributed by atoms with E-state index in [1.54, 1.807) is 6.92 Å². The average Bonchev–Trinajstić information content (AvgIpc) is 2.91. The topological polar surface area (TPSA) is 44.8 Å². The monoisotopic (exact) mass is 404 g/mol. The zero-order chi connectivity index (χ0) is 22.3. The summed E-state index contributed by atoms with van der Waals surface area (Å²) in [5.41, 5.74) is -1.82. The van der Waals surface area contributed by atoms with Crippen LogP contribution in [0.3, 0.4) is 0 Å². The molecule has 2 rings (SSSR count). The summed E-state index contributed by atoms with van der Waals surface area (Å²) in [5, 5.41) is 0. The van der Waals surface area contributed by atoms with Crippen LogP contribution in [-0.4, -0.2) is 22.8 Å². The number of carbonyl (C=O) groups is 1. The number of esters is 1. The molecule has 3 atom stereocenters. The molecule has 2 aliphatic rings. The molecule has 0 aromatic heterocycles. The van der Waals surface area contributed by atoms with Crippen LogP contribution in [0.2, 0.25) is 0 Å². The summed E-state index contributed by atoms with van der Waals surface area (Å²) < 4.78 is 6.10.